The monoisotopic (exact) mass is 562 g/mol. The third kappa shape index (κ3) is 14.1. The van der Waals surface area contributed by atoms with Gasteiger partial charge in [-0.2, -0.15) is 12.1 Å². The van der Waals surface area contributed by atoms with Crippen molar-refractivity contribution in [2.24, 2.45) is 0 Å². The van der Waals surface area contributed by atoms with E-state index in [0.717, 1.165) is 12.8 Å². The predicted octanol–water partition coefficient (Wildman–Crippen LogP) is 0.608. The number of carbonyl (C=O) groups is 3. The van der Waals surface area contributed by atoms with Crippen LogP contribution >= 0.6 is 7.60 Å². The molecule has 0 aromatic heterocycles. The minimum absolute atomic E-state index is 0. The van der Waals surface area contributed by atoms with Crippen LogP contribution in [0.15, 0.2) is 0 Å². The maximum atomic E-state index is 10.9. The van der Waals surface area contributed by atoms with E-state index < -0.39 is 44.1 Å². The van der Waals surface area contributed by atoms with Crippen LogP contribution in [0, 0.1) is 0 Å². The van der Waals surface area contributed by atoms with Crippen molar-refractivity contribution in [1.82, 2.24) is 5.32 Å². The standard InChI is InChI=1S/C6H12N2.C6H10NO8P.Pt/c7-5-3-1-2-4-6(5)8;8-4(2-16(13,14)15)7-3(6(11)12)1-5(9)10;/h5-8H,1-4H2;3H,1-2H2,(H,7,8)(H,9,10)(H,11,12)(H2,13,14,15);/q-2;;/t5-,6+;3-;/m.0./s1. The number of nitrogens with one attached hydrogen (secondary N) is 3. The van der Waals surface area contributed by atoms with Gasteiger partial charge in [-0.15, -0.1) is 0 Å². The molecule has 0 saturated heterocycles. The number of carbonyl (C=O) groups excluding carboxylic acids is 1. The van der Waals surface area contributed by atoms with Gasteiger partial charge >= 0.3 is 19.5 Å². The van der Waals surface area contributed by atoms with Crippen molar-refractivity contribution >= 4 is 25.4 Å². The first-order valence-electron chi connectivity index (χ1n) is 7.13. The second-order valence-electron chi connectivity index (χ2n) is 5.38. The molecule has 1 fully saturated rings. The largest absolute Gasteiger partial charge is 0.676 e. The van der Waals surface area contributed by atoms with E-state index in [1.807, 2.05) is 0 Å². The SMILES string of the molecule is O=C(O)C[C@H](NC(=O)CP(=O)(O)O)C(=O)O.[NH-][C@@H]1CCCC[C@@H]1[NH-].[Pt]. The number of aliphatic carboxylic acids is 2. The Labute approximate surface area is 158 Å². The number of carboxylic acid groups (broad SMARTS) is 2. The molecule has 11 nitrogen and oxygen atoms in total. The molecule has 1 rings (SSSR count). The molecule has 1 aliphatic carbocycles. The molecular formula is C12H22N3O8PPt-2. The van der Waals surface area contributed by atoms with Gasteiger partial charge in [-0.25, -0.2) is 4.79 Å². The zero-order valence-corrected chi connectivity index (χ0v) is 16.3. The summed E-state index contributed by atoms with van der Waals surface area (Å²) in [7, 11) is -4.59. The van der Waals surface area contributed by atoms with Crippen LogP contribution in [0.1, 0.15) is 32.1 Å². The fourth-order valence-electron chi connectivity index (χ4n) is 1.93. The number of rotatable bonds is 6. The van der Waals surface area contributed by atoms with Gasteiger partial charge in [-0.1, -0.05) is 25.7 Å². The smallest absolute Gasteiger partial charge is 0.334 e. The Balaban J connectivity index is 0. The summed E-state index contributed by atoms with van der Waals surface area (Å²) in [5, 5.41) is 18.5. The average molecular weight is 562 g/mol. The molecule has 0 radical (unpaired) electrons. The van der Waals surface area contributed by atoms with Crippen LogP contribution in [0.5, 0.6) is 0 Å². The van der Waals surface area contributed by atoms with E-state index >= 15 is 0 Å². The molecule has 1 aliphatic rings. The summed E-state index contributed by atoms with van der Waals surface area (Å²) in [4.78, 5) is 48.4. The Kier molecular flexibility index (Phi) is 13.2. The first kappa shape index (κ1) is 26.4. The Morgan fingerprint density at radius 2 is 1.52 bits per heavy atom. The average Bonchev–Trinajstić information content (AvgIpc) is 2.39. The molecule has 150 valence electrons. The molecule has 13 heteroatoms. The molecule has 0 aliphatic heterocycles. The normalized spacial score (nSPS) is 21.0. The van der Waals surface area contributed by atoms with Crippen molar-refractivity contribution in [1.29, 1.82) is 0 Å². The van der Waals surface area contributed by atoms with Gasteiger partial charge in [-0.3, -0.25) is 14.2 Å². The van der Waals surface area contributed by atoms with Crippen molar-refractivity contribution in [3.8, 4) is 0 Å². The summed E-state index contributed by atoms with van der Waals surface area (Å²) in [5.41, 5.74) is 14.6. The number of carboxylic acids is 2. The van der Waals surface area contributed by atoms with Crippen molar-refractivity contribution in [3.05, 3.63) is 11.5 Å². The minimum atomic E-state index is -4.59. The van der Waals surface area contributed by atoms with Crippen LogP contribution in [0.25, 0.3) is 11.5 Å². The summed E-state index contributed by atoms with van der Waals surface area (Å²) in [5.74, 6) is -4.27. The molecule has 3 atom stereocenters. The van der Waals surface area contributed by atoms with Gasteiger partial charge < -0.3 is 36.8 Å². The molecule has 0 spiro atoms. The summed E-state index contributed by atoms with van der Waals surface area (Å²) >= 11 is 0. The molecule has 7 N–H and O–H groups in total. The van der Waals surface area contributed by atoms with Crippen LogP contribution in [0.3, 0.4) is 0 Å². The van der Waals surface area contributed by atoms with Gasteiger partial charge in [0.2, 0.25) is 5.91 Å². The summed E-state index contributed by atoms with van der Waals surface area (Å²) in [6, 6.07) is -1.87. The number of amides is 1. The van der Waals surface area contributed by atoms with Crippen LogP contribution in [-0.4, -0.2) is 62.1 Å². The van der Waals surface area contributed by atoms with E-state index in [1.54, 1.807) is 5.32 Å². The van der Waals surface area contributed by atoms with Crippen molar-refractivity contribution in [2.45, 2.75) is 50.2 Å². The summed E-state index contributed by atoms with van der Waals surface area (Å²) in [6.07, 6.45) is 2.19. The number of hydrogen-bond donors (Lipinski definition) is 5. The molecule has 0 aromatic rings. The van der Waals surface area contributed by atoms with Crippen molar-refractivity contribution < 1.29 is 60.0 Å². The summed E-state index contributed by atoms with van der Waals surface area (Å²) < 4.78 is 10.4. The molecule has 0 aromatic carbocycles. The van der Waals surface area contributed by atoms with Crippen molar-refractivity contribution in [3.63, 3.8) is 0 Å². The van der Waals surface area contributed by atoms with Crippen LogP contribution in [0.4, 0.5) is 0 Å². The van der Waals surface area contributed by atoms with E-state index in [-0.39, 0.29) is 33.1 Å². The van der Waals surface area contributed by atoms with E-state index in [0.29, 0.717) is 0 Å². The number of hydrogen-bond acceptors (Lipinski definition) is 4. The second-order valence-corrected chi connectivity index (χ2v) is 7.02. The first-order chi connectivity index (χ1) is 10.9. The molecule has 0 unspecified atom stereocenters. The summed E-state index contributed by atoms with van der Waals surface area (Å²) in [6.45, 7) is 0. The van der Waals surface area contributed by atoms with Gasteiger partial charge in [-0.05, 0) is 0 Å². The molecule has 0 heterocycles. The van der Waals surface area contributed by atoms with E-state index in [9.17, 15) is 18.9 Å². The Bertz CT molecular complexity index is 491. The van der Waals surface area contributed by atoms with Gasteiger partial charge in [0.25, 0.3) is 0 Å². The second kappa shape index (κ2) is 12.5. The minimum Gasteiger partial charge on any atom is -0.676 e. The van der Waals surface area contributed by atoms with Gasteiger partial charge in [0.15, 0.2) is 0 Å². The fraction of sp³-hybridized carbons (Fsp3) is 0.750. The van der Waals surface area contributed by atoms with Crippen LogP contribution in [0.2, 0.25) is 0 Å². The quantitative estimate of drug-likeness (QED) is 0.289. The molecule has 1 amide bonds. The first-order valence-corrected chi connectivity index (χ1v) is 8.93. The maximum Gasteiger partial charge on any atom is 0.334 e. The topological polar surface area (TPSA) is 209 Å². The van der Waals surface area contributed by atoms with Gasteiger partial charge in [0.05, 0.1) is 6.42 Å². The zero-order valence-electron chi connectivity index (χ0n) is 13.2. The van der Waals surface area contributed by atoms with E-state index in [4.69, 9.17) is 31.5 Å². The third-order valence-electron chi connectivity index (χ3n) is 3.13. The Hall–Kier alpha value is -0.832. The Morgan fingerprint density at radius 1 is 1.08 bits per heavy atom. The van der Waals surface area contributed by atoms with E-state index in [2.05, 4.69) is 0 Å². The van der Waals surface area contributed by atoms with Crippen LogP contribution < -0.4 is 5.32 Å². The van der Waals surface area contributed by atoms with Crippen molar-refractivity contribution in [2.75, 3.05) is 6.16 Å². The molecule has 1 saturated carbocycles. The van der Waals surface area contributed by atoms with Gasteiger partial charge in [0, 0.05) is 21.1 Å². The molecule has 25 heavy (non-hydrogen) atoms. The molecular weight excluding hydrogens is 540 g/mol. The zero-order chi connectivity index (χ0) is 18.9. The molecule has 0 bridgehead atoms. The third-order valence-corrected chi connectivity index (χ3v) is 3.83. The van der Waals surface area contributed by atoms with Crippen LogP contribution in [-0.2, 0) is 40.0 Å². The fourth-order valence-corrected chi connectivity index (χ4v) is 2.40. The predicted molar refractivity (Wildman–Crippen MR) is 83.4 cm³/mol. The maximum absolute atomic E-state index is 10.9. The van der Waals surface area contributed by atoms with E-state index in [1.165, 1.54) is 12.8 Å². The Morgan fingerprint density at radius 3 is 1.80 bits per heavy atom. The van der Waals surface area contributed by atoms with Gasteiger partial charge in [0.1, 0.15) is 12.2 Å².